The molecule has 0 atom stereocenters. The molecule has 106 valence electrons. The lowest BCUT2D eigenvalue weighted by Crippen LogP contribution is -2.17. The summed E-state index contributed by atoms with van der Waals surface area (Å²) in [6.45, 7) is 1.69. The summed E-state index contributed by atoms with van der Waals surface area (Å²) in [6.07, 6.45) is 2.52. The van der Waals surface area contributed by atoms with Gasteiger partial charge in [0.1, 0.15) is 9.92 Å². The van der Waals surface area contributed by atoms with E-state index in [0.717, 1.165) is 12.3 Å². The number of aromatic nitrogens is 2. The average Bonchev–Trinajstić information content (AvgIpc) is 2.37. The number of hydrogen-bond donors (Lipinski definition) is 2. The highest BCUT2D eigenvalue weighted by molar-refractivity contribution is 7.92. The van der Waals surface area contributed by atoms with Crippen LogP contribution in [0.2, 0.25) is 10.2 Å². The Balaban J connectivity index is 2.46. The molecule has 0 bridgehead atoms. The molecule has 2 aromatic heterocycles. The second-order valence-electron chi connectivity index (χ2n) is 3.91. The molecule has 0 unspecified atom stereocenters. The van der Waals surface area contributed by atoms with Crippen molar-refractivity contribution in [3.05, 3.63) is 50.6 Å². The summed E-state index contributed by atoms with van der Waals surface area (Å²) in [4.78, 5) is 17.0. The summed E-state index contributed by atoms with van der Waals surface area (Å²) in [5.74, 6) is 0. The average molecular weight is 334 g/mol. The van der Waals surface area contributed by atoms with Crippen molar-refractivity contribution >= 4 is 38.9 Å². The van der Waals surface area contributed by atoms with Crippen LogP contribution in [0.3, 0.4) is 0 Å². The van der Waals surface area contributed by atoms with Crippen LogP contribution >= 0.6 is 23.2 Å². The van der Waals surface area contributed by atoms with Crippen LogP contribution in [0.5, 0.6) is 0 Å². The summed E-state index contributed by atoms with van der Waals surface area (Å²) < 4.78 is 26.7. The van der Waals surface area contributed by atoms with Gasteiger partial charge in [-0.15, -0.1) is 0 Å². The molecule has 0 aliphatic rings. The van der Waals surface area contributed by atoms with Crippen molar-refractivity contribution in [2.45, 2.75) is 11.8 Å². The topological polar surface area (TPSA) is 91.9 Å². The zero-order valence-corrected chi connectivity index (χ0v) is 12.5. The van der Waals surface area contributed by atoms with Gasteiger partial charge in [-0.1, -0.05) is 23.2 Å². The van der Waals surface area contributed by atoms with E-state index in [1.807, 2.05) is 0 Å². The number of anilines is 1. The van der Waals surface area contributed by atoms with Gasteiger partial charge in [-0.25, -0.2) is 13.4 Å². The first-order chi connectivity index (χ1) is 9.31. The number of halogens is 2. The fourth-order valence-electron chi connectivity index (χ4n) is 1.43. The third-order valence-electron chi connectivity index (χ3n) is 2.49. The minimum atomic E-state index is -3.93. The molecule has 20 heavy (non-hydrogen) atoms. The number of nitrogens with zero attached hydrogens (tertiary/aromatic N) is 1. The Labute approximate surface area is 124 Å². The maximum Gasteiger partial charge on any atom is 0.266 e. The molecule has 0 aromatic carbocycles. The summed E-state index contributed by atoms with van der Waals surface area (Å²) in [7, 11) is -3.93. The molecule has 0 radical (unpaired) electrons. The third-order valence-corrected chi connectivity index (χ3v) is 4.39. The fraction of sp³-hybridized carbons (Fsp3) is 0.0909. The van der Waals surface area contributed by atoms with Crippen LogP contribution in [0.4, 0.5) is 5.69 Å². The number of pyridine rings is 2. The van der Waals surface area contributed by atoms with Crippen molar-refractivity contribution < 1.29 is 8.42 Å². The van der Waals surface area contributed by atoms with Gasteiger partial charge in [-0.3, -0.25) is 9.52 Å². The maximum absolute atomic E-state index is 12.2. The molecule has 2 N–H and O–H groups in total. The van der Waals surface area contributed by atoms with Gasteiger partial charge >= 0.3 is 0 Å². The lowest BCUT2D eigenvalue weighted by atomic mass is 10.3. The van der Waals surface area contributed by atoms with E-state index in [1.54, 1.807) is 13.0 Å². The first-order valence-electron chi connectivity index (χ1n) is 5.33. The molecule has 0 fully saturated rings. The number of rotatable bonds is 3. The van der Waals surface area contributed by atoms with Gasteiger partial charge in [0, 0.05) is 12.4 Å². The molecule has 2 rings (SSSR count). The molecular formula is C11H9Cl2N3O3S. The van der Waals surface area contributed by atoms with Gasteiger partial charge < -0.3 is 4.98 Å². The SMILES string of the molecule is Cc1ccnc(Cl)c1NS(=O)(=O)c1c[nH]c(=O)c(Cl)c1. The highest BCUT2D eigenvalue weighted by Crippen LogP contribution is 2.25. The minimum Gasteiger partial charge on any atom is -0.326 e. The Hall–Kier alpha value is -1.57. The van der Waals surface area contributed by atoms with E-state index in [2.05, 4.69) is 14.7 Å². The van der Waals surface area contributed by atoms with E-state index in [4.69, 9.17) is 23.2 Å². The zero-order chi connectivity index (χ0) is 14.9. The molecule has 0 aliphatic carbocycles. The van der Waals surface area contributed by atoms with Crippen molar-refractivity contribution in [3.8, 4) is 0 Å². The molecule has 6 nitrogen and oxygen atoms in total. The quantitative estimate of drug-likeness (QED) is 0.842. The van der Waals surface area contributed by atoms with Gasteiger partial charge in [0.05, 0.1) is 5.69 Å². The van der Waals surface area contributed by atoms with Crippen LogP contribution in [0.15, 0.2) is 34.2 Å². The summed E-state index contributed by atoms with van der Waals surface area (Å²) in [6, 6.07) is 2.67. The molecule has 2 aromatic rings. The van der Waals surface area contributed by atoms with Crippen molar-refractivity contribution in [1.82, 2.24) is 9.97 Å². The smallest absolute Gasteiger partial charge is 0.266 e. The summed E-state index contributed by atoms with van der Waals surface area (Å²) >= 11 is 11.5. The van der Waals surface area contributed by atoms with Gasteiger partial charge in [-0.2, -0.15) is 0 Å². The van der Waals surface area contributed by atoms with Crippen molar-refractivity contribution in [2.75, 3.05) is 4.72 Å². The molecular weight excluding hydrogens is 325 g/mol. The molecule has 0 aliphatic heterocycles. The molecule has 0 saturated carbocycles. The van der Waals surface area contributed by atoms with E-state index in [1.165, 1.54) is 6.20 Å². The number of hydrogen-bond acceptors (Lipinski definition) is 4. The van der Waals surface area contributed by atoms with E-state index in [-0.39, 0.29) is 20.8 Å². The largest absolute Gasteiger partial charge is 0.326 e. The lowest BCUT2D eigenvalue weighted by Gasteiger charge is -2.11. The van der Waals surface area contributed by atoms with Crippen LogP contribution < -0.4 is 10.3 Å². The maximum atomic E-state index is 12.2. The highest BCUT2D eigenvalue weighted by atomic mass is 35.5. The fourth-order valence-corrected chi connectivity index (χ4v) is 3.11. The molecule has 0 amide bonds. The van der Waals surface area contributed by atoms with Gasteiger partial charge in [-0.05, 0) is 24.6 Å². The third kappa shape index (κ3) is 2.95. The Morgan fingerprint density at radius 2 is 2.05 bits per heavy atom. The van der Waals surface area contributed by atoms with Crippen molar-refractivity contribution in [3.63, 3.8) is 0 Å². The van der Waals surface area contributed by atoms with E-state index < -0.39 is 15.6 Å². The second-order valence-corrected chi connectivity index (χ2v) is 6.36. The van der Waals surface area contributed by atoms with Crippen LogP contribution in [-0.4, -0.2) is 18.4 Å². The minimum absolute atomic E-state index is 0.0316. The van der Waals surface area contributed by atoms with Crippen LogP contribution in [0.1, 0.15) is 5.56 Å². The molecule has 9 heteroatoms. The Bertz CT molecular complexity index is 798. The van der Waals surface area contributed by atoms with Gasteiger partial charge in [0.25, 0.3) is 15.6 Å². The lowest BCUT2D eigenvalue weighted by molar-refractivity contribution is 0.600. The molecule has 0 saturated heterocycles. The summed E-state index contributed by atoms with van der Waals surface area (Å²) in [5.41, 5.74) is 0.224. The first-order valence-corrected chi connectivity index (χ1v) is 7.57. The summed E-state index contributed by atoms with van der Waals surface area (Å²) in [5, 5.41) is -0.189. The van der Waals surface area contributed by atoms with Crippen molar-refractivity contribution in [2.24, 2.45) is 0 Å². The van der Waals surface area contributed by atoms with Crippen molar-refractivity contribution in [1.29, 1.82) is 0 Å². The first kappa shape index (κ1) is 14.8. The Morgan fingerprint density at radius 1 is 1.35 bits per heavy atom. The predicted molar refractivity (Wildman–Crippen MR) is 76.9 cm³/mol. The van der Waals surface area contributed by atoms with Crippen LogP contribution in [0, 0.1) is 6.92 Å². The standard InChI is InChI=1S/C11H9Cl2N3O3S/c1-6-2-3-14-10(13)9(6)16-20(18,19)7-4-8(12)11(17)15-5-7/h2-5,16H,1H3,(H,15,17). The predicted octanol–water partition coefficient (Wildman–Crippen LogP) is 2.19. The Morgan fingerprint density at radius 3 is 2.65 bits per heavy atom. The van der Waals surface area contributed by atoms with Crippen LogP contribution in [-0.2, 0) is 10.0 Å². The number of aromatic amines is 1. The van der Waals surface area contributed by atoms with Gasteiger partial charge in [0.15, 0.2) is 5.15 Å². The van der Waals surface area contributed by atoms with Crippen LogP contribution in [0.25, 0.3) is 0 Å². The van der Waals surface area contributed by atoms with Gasteiger partial charge in [0.2, 0.25) is 0 Å². The monoisotopic (exact) mass is 333 g/mol. The van der Waals surface area contributed by atoms with E-state index >= 15 is 0 Å². The zero-order valence-electron chi connectivity index (χ0n) is 10.1. The normalized spacial score (nSPS) is 11.3. The van der Waals surface area contributed by atoms with E-state index in [0.29, 0.717) is 5.56 Å². The Kier molecular flexibility index (Phi) is 4.03. The molecule has 0 spiro atoms. The number of H-pyrrole nitrogens is 1. The number of sulfonamides is 1. The highest BCUT2D eigenvalue weighted by Gasteiger charge is 2.18. The van der Waals surface area contributed by atoms with E-state index in [9.17, 15) is 13.2 Å². The number of nitrogens with one attached hydrogen (secondary N) is 2. The number of aryl methyl sites for hydroxylation is 1. The molecule has 2 heterocycles. The second kappa shape index (κ2) is 5.43.